The van der Waals surface area contributed by atoms with E-state index >= 15 is 0 Å². The second-order valence-corrected chi connectivity index (χ2v) is 15.4. The number of rotatable bonds is 11. The number of imide groups is 1. The van der Waals surface area contributed by atoms with Crippen LogP contribution in [-0.2, 0) is 20.6 Å². The van der Waals surface area contributed by atoms with Crippen LogP contribution in [0, 0.1) is 5.92 Å². The van der Waals surface area contributed by atoms with Gasteiger partial charge in [0.25, 0.3) is 11.8 Å². The summed E-state index contributed by atoms with van der Waals surface area (Å²) in [6.07, 6.45) is -2.37. The van der Waals surface area contributed by atoms with Crippen molar-refractivity contribution < 1.29 is 47.0 Å². The van der Waals surface area contributed by atoms with E-state index in [2.05, 4.69) is 20.9 Å². The van der Waals surface area contributed by atoms with E-state index in [9.17, 15) is 42.3 Å². The van der Waals surface area contributed by atoms with Gasteiger partial charge >= 0.3 is 6.18 Å². The van der Waals surface area contributed by atoms with E-state index in [1.165, 1.54) is 24.5 Å². The average molecular weight is 808 g/mol. The van der Waals surface area contributed by atoms with Crippen LogP contribution in [0.4, 0.5) is 24.5 Å². The number of aliphatic hydroxyl groups is 1. The van der Waals surface area contributed by atoms with E-state index in [0.29, 0.717) is 54.9 Å². The number of benzene rings is 2. The Morgan fingerprint density at radius 3 is 2.51 bits per heavy atom. The first-order chi connectivity index (χ1) is 27.2. The predicted molar refractivity (Wildman–Crippen MR) is 203 cm³/mol. The van der Waals surface area contributed by atoms with Crippen LogP contribution in [-0.4, -0.2) is 87.7 Å². The molecular formula is C39H40F3N7O7S. The Bertz CT molecular complexity index is 2240. The number of methoxy groups -OCH3 is 1. The Labute approximate surface area is 328 Å². The lowest BCUT2D eigenvalue weighted by molar-refractivity contribution is -0.141. The quantitative estimate of drug-likeness (QED) is 0.112. The van der Waals surface area contributed by atoms with E-state index in [-0.39, 0.29) is 47.5 Å². The van der Waals surface area contributed by atoms with Gasteiger partial charge in [-0.05, 0) is 68.9 Å². The molecule has 2 aromatic heterocycles. The fourth-order valence-electron chi connectivity index (χ4n) is 7.70. The molecule has 4 aromatic rings. The van der Waals surface area contributed by atoms with Gasteiger partial charge in [-0.3, -0.25) is 34.2 Å². The molecular weight excluding hydrogens is 768 g/mol. The van der Waals surface area contributed by atoms with Gasteiger partial charge in [-0.2, -0.15) is 13.2 Å². The molecule has 1 saturated carbocycles. The second-order valence-electron chi connectivity index (χ2n) is 14.3. The zero-order chi connectivity index (χ0) is 40.6. The van der Waals surface area contributed by atoms with Crippen LogP contribution in [0.5, 0.6) is 5.75 Å². The van der Waals surface area contributed by atoms with Crippen molar-refractivity contribution in [1.29, 1.82) is 0 Å². The van der Waals surface area contributed by atoms with Crippen LogP contribution >= 0.6 is 11.3 Å². The smallest absolute Gasteiger partial charge is 0.433 e. The molecule has 2 aliphatic heterocycles. The highest BCUT2D eigenvalue weighted by Gasteiger charge is 2.45. The number of piperidine rings is 1. The van der Waals surface area contributed by atoms with Gasteiger partial charge in [0.05, 0.1) is 28.0 Å². The Morgan fingerprint density at radius 2 is 1.79 bits per heavy atom. The zero-order valence-corrected chi connectivity index (χ0v) is 31.8. The summed E-state index contributed by atoms with van der Waals surface area (Å²) >= 11 is 1.46. The monoisotopic (exact) mass is 807 g/mol. The van der Waals surface area contributed by atoms with Gasteiger partial charge < -0.3 is 25.4 Å². The van der Waals surface area contributed by atoms with Gasteiger partial charge in [0.15, 0.2) is 6.23 Å². The van der Waals surface area contributed by atoms with Crippen LogP contribution in [0.1, 0.15) is 94.2 Å². The van der Waals surface area contributed by atoms with E-state index in [0.717, 1.165) is 39.6 Å². The summed E-state index contributed by atoms with van der Waals surface area (Å²) in [5, 5.41) is 20.2. The van der Waals surface area contributed by atoms with Crippen molar-refractivity contribution >= 4 is 62.5 Å². The Hall–Kier alpha value is -5.62. The van der Waals surface area contributed by atoms with Gasteiger partial charge in [0.1, 0.15) is 23.2 Å². The number of ether oxygens (including phenoxy) is 1. The van der Waals surface area contributed by atoms with E-state index in [1.54, 1.807) is 42.3 Å². The van der Waals surface area contributed by atoms with Gasteiger partial charge in [-0.1, -0.05) is 12.1 Å². The average Bonchev–Trinajstić information content (AvgIpc) is 3.73. The van der Waals surface area contributed by atoms with Crippen molar-refractivity contribution in [3.8, 4) is 5.75 Å². The molecule has 1 saturated heterocycles. The molecule has 2 aromatic carbocycles. The fraction of sp³-hybridized carbons (Fsp3) is 0.410. The van der Waals surface area contributed by atoms with Crippen molar-refractivity contribution in [2.75, 3.05) is 37.9 Å². The number of pyridine rings is 1. The minimum Gasteiger partial charge on any atom is -0.494 e. The minimum atomic E-state index is -4.69. The molecule has 2 unspecified atom stereocenters. The third-order valence-electron chi connectivity index (χ3n) is 10.7. The molecule has 7 rings (SSSR count). The lowest BCUT2D eigenvalue weighted by Crippen LogP contribution is -2.53. The highest BCUT2D eigenvalue weighted by molar-refractivity contribution is 7.18. The molecule has 18 heteroatoms. The topological polar surface area (TPSA) is 183 Å². The maximum atomic E-state index is 13.4. The molecule has 14 nitrogen and oxygen atoms in total. The van der Waals surface area contributed by atoms with Gasteiger partial charge in [-0.25, -0.2) is 9.97 Å². The molecule has 1 aliphatic carbocycles. The number of alkyl halides is 3. The fourth-order valence-corrected chi connectivity index (χ4v) is 8.86. The van der Waals surface area contributed by atoms with Crippen molar-refractivity contribution in [2.24, 2.45) is 5.92 Å². The van der Waals surface area contributed by atoms with Crippen LogP contribution < -0.4 is 20.7 Å². The molecule has 2 fully saturated rings. The second kappa shape index (κ2) is 16.1. The molecule has 0 radical (unpaired) electrons. The Kier molecular flexibility index (Phi) is 11.2. The van der Waals surface area contributed by atoms with Gasteiger partial charge in [-0.15, -0.1) is 11.3 Å². The maximum Gasteiger partial charge on any atom is 0.433 e. The largest absolute Gasteiger partial charge is 0.494 e. The number of nitrogens with one attached hydrogen (secondary N) is 3. The van der Waals surface area contributed by atoms with Crippen molar-refractivity contribution in [1.82, 2.24) is 25.1 Å². The zero-order valence-electron chi connectivity index (χ0n) is 31.0. The van der Waals surface area contributed by atoms with Crippen LogP contribution in [0.15, 0.2) is 48.5 Å². The number of carbonyl (C=O) groups is 5. The van der Waals surface area contributed by atoms with Crippen molar-refractivity contribution in [2.45, 2.75) is 69.3 Å². The lowest BCUT2D eigenvalue weighted by Gasteiger charge is -2.32. The third kappa shape index (κ3) is 8.14. The van der Waals surface area contributed by atoms with Gasteiger partial charge in [0, 0.05) is 61.3 Å². The summed E-state index contributed by atoms with van der Waals surface area (Å²) in [4.78, 5) is 74.7. The minimum absolute atomic E-state index is 0.0552. The van der Waals surface area contributed by atoms with Crippen molar-refractivity contribution in [3.05, 3.63) is 76.1 Å². The molecule has 2 atom stereocenters. The highest BCUT2D eigenvalue weighted by atomic mass is 32.1. The number of amides is 5. The highest BCUT2D eigenvalue weighted by Crippen LogP contribution is 2.42. The molecule has 300 valence electrons. The number of carbonyl (C=O) groups excluding carboxylic acids is 5. The number of aromatic nitrogens is 2. The molecule has 3 aliphatic rings. The molecule has 0 bridgehead atoms. The normalized spacial score (nSPS) is 20.9. The number of hydrogen-bond donors (Lipinski definition) is 4. The molecule has 57 heavy (non-hydrogen) atoms. The number of fused-ring (bicyclic) bond motifs is 2. The lowest BCUT2D eigenvalue weighted by atomic mass is 9.81. The summed E-state index contributed by atoms with van der Waals surface area (Å²) in [6, 6.07) is 10.6. The standard InChI is InChI=1S/C39H40F3N7O7S/c1-48(17-5-16-43-23-7-3-6-22-32(23)38(55)49(37(22)54)27-14-15-31(50)47-34(27)52)36(53)21-12-10-20(11-13-21)35-46-26-18-28(56-2)25(19-29(26)57-35)45-33(51)24-8-4-9-30(44-24)39(40,41)42/h3-4,6-9,18-21,27,38,43,55H,5,10-17H2,1-2H3,(H,45,51)(H,47,50,52). The van der Waals surface area contributed by atoms with Gasteiger partial charge in [0.2, 0.25) is 17.7 Å². The van der Waals surface area contributed by atoms with E-state index in [1.807, 2.05) is 0 Å². The first-order valence-corrected chi connectivity index (χ1v) is 19.4. The first-order valence-electron chi connectivity index (χ1n) is 18.5. The van der Waals surface area contributed by atoms with Crippen LogP contribution in [0.2, 0.25) is 0 Å². The number of anilines is 2. The molecule has 4 N–H and O–H groups in total. The summed E-state index contributed by atoms with van der Waals surface area (Å²) in [5.74, 6) is -1.99. The third-order valence-corrected chi connectivity index (χ3v) is 11.9. The Balaban J connectivity index is 0.907. The Morgan fingerprint density at radius 1 is 1.04 bits per heavy atom. The van der Waals surface area contributed by atoms with E-state index in [4.69, 9.17) is 9.72 Å². The number of aliphatic hydroxyl groups excluding tert-OH is 1. The van der Waals surface area contributed by atoms with Crippen LogP contribution in [0.3, 0.4) is 0 Å². The summed E-state index contributed by atoms with van der Waals surface area (Å²) in [7, 11) is 3.19. The maximum absolute atomic E-state index is 13.4. The summed E-state index contributed by atoms with van der Waals surface area (Å²) in [6.45, 7) is 0.934. The SMILES string of the molecule is COc1cc2nc(C3CCC(C(=O)N(C)CCCNc4cccc5c4C(O)N(C4CCC(=O)NC4=O)C5=O)CC3)sc2cc1NC(=O)c1cccc(C(F)(F)F)n1. The summed E-state index contributed by atoms with van der Waals surface area (Å²) < 4.78 is 45.7. The molecule has 0 spiro atoms. The number of halogens is 3. The molecule has 5 amide bonds. The summed E-state index contributed by atoms with van der Waals surface area (Å²) in [5.41, 5.74) is 0.584. The molecule has 4 heterocycles. The number of hydrogen-bond acceptors (Lipinski definition) is 11. The van der Waals surface area contributed by atoms with Crippen molar-refractivity contribution in [3.63, 3.8) is 0 Å². The predicted octanol–water partition coefficient (Wildman–Crippen LogP) is 5.46. The number of thiazole rings is 1. The van der Waals surface area contributed by atoms with E-state index < -0.39 is 47.8 Å². The number of nitrogens with zero attached hydrogens (tertiary/aromatic N) is 4. The van der Waals surface area contributed by atoms with Crippen LogP contribution in [0.25, 0.3) is 10.2 Å². The first kappa shape index (κ1) is 39.6.